The molecule has 0 spiro atoms. The van der Waals surface area contributed by atoms with E-state index in [2.05, 4.69) is 35.4 Å². The van der Waals surface area contributed by atoms with Crippen molar-refractivity contribution in [2.75, 3.05) is 11.1 Å². The summed E-state index contributed by atoms with van der Waals surface area (Å²) in [7, 11) is 0. The molecule has 0 atom stereocenters. The molecule has 0 radical (unpaired) electrons. The quantitative estimate of drug-likeness (QED) is 0.252. The van der Waals surface area contributed by atoms with Crippen molar-refractivity contribution in [3.63, 3.8) is 0 Å². The molecule has 0 aliphatic rings. The summed E-state index contributed by atoms with van der Waals surface area (Å²) in [5, 5.41) is 12.2. The van der Waals surface area contributed by atoms with Crippen LogP contribution in [0.5, 0.6) is 5.75 Å². The molecule has 7 nitrogen and oxygen atoms in total. The van der Waals surface area contributed by atoms with Crippen LogP contribution in [0.15, 0.2) is 78.0 Å². The number of Topliss-reactive ketones (excluding diaryl/α,β-unsaturated/α-hetero) is 1. The number of anilines is 1. The lowest BCUT2D eigenvalue weighted by Gasteiger charge is -2.15. The lowest BCUT2D eigenvalue weighted by atomic mass is 10.1. The summed E-state index contributed by atoms with van der Waals surface area (Å²) in [6.45, 7) is 5.86. The Hall–Kier alpha value is -3.91. The van der Waals surface area contributed by atoms with E-state index in [-0.39, 0.29) is 24.1 Å². The summed E-state index contributed by atoms with van der Waals surface area (Å²) in [5.41, 5.74) is 4.43. The van der Waals surface area contributed by atoms with Crippen LogP contribution in [0.25, 0.3) is 5.69 Å². The summed E-state index contributed by atoms with van der Waals surface area (Å²) < 4.78 is 7.88. The number of aromatic nitrogens is 3. The highest BCUT2D eigenvalue weighted by Crippen LogP contribution is 2.26. The monoisotopic (exact) mass is 486 g/mol. The first kappa shape index (κ1) is 24.2. The molecule has 0 saturated carbocycles. The number of nitrogens with one attached hydrogen (secondary N) is 1. The van der Waals surface area contributed by atoms with Gasteiger partial charge >= 0.3 is 0 Å². The first-order valence-electron chi connectivity index (χ1n) is 11.1. The topological polar surface area (TPSA) is 86.1 Å². The first-order valence-corrected chi connectivity index (χ1v) is 12.1. The van der Waals surface area contributed by atoms with E-state index in [0.29, 0.717) is 22.2 Å². The zero-order chi connectivity index (χ0) is 24.8. The first-order chi connectivity index (χ1) is 16.9. The Kier molecular flexibility index (Phi) is 7.62. The maximum Gasteiger partial charge on any atom is 0.234 e. The standard InChI is InChI=1S/C27H26N4O3S/c1-18-8-7-11-24(19(18)2)31-25(16-34-23-9-5-4-6-10-23)29-30-27(31)35-17-26(33)28-22-14-12-21(13-15-22)20(3)32/h4-15H,16-17H2,1-3H3,(H,28,33). The highest BCUT2D eigenvalue weighted by molar-refractivity contribution is 7.99. The number of ketones is 1. The number of para-hydroxylation sites is 1. The average Bonchev–Trinajstić information content (AvgIpc) is 3.26. The lowest BCUT2D eigenvalue weighted by Crippen LogP contribution is -2.15. The zero-order valence-corrected chi connectivity index (χ0v) is 20.6. The highest BCUT2D eigenvalue weighted by atomic mass is 32.2. The fourth-order valence-electron chi connectivity index (χ4n) is 3.49. The minimum absolute atomic E-state index is 0.0174. The number of nitrogens with zero attached hydrogens (tertiary/aromatic N) is 3. The van der Waals surface area contributed by atoms with Gasteiger partial charge in [0, 0.05) is 11.3 Å². The molecule has 35 heavy (non-hydrogen) atoms. The van der Waals surface area contributed by atoms with Gasteiger partial charge in [-0.1, -0.05) is 42.1 Å². The van der Waals surface area contributed by atoms with Gasteiger partial charge in [0.15, 0.2) is 16.8 Å². The summed E-state index contributed by atoms with van der Waals surface area (Å²) in [6, 6.07) is 22.4. The van der Waals surface area contributed by atoms with Crippen molar-refractivity contribution in [1.82, 2.24) is 14.8 Å². The molecule has 1 heterocycles. The van der Waals surface area contributed by atoms with Crippen LogP contribution >= 0.6 is 11.8 Å². The van der Waals surface area contributed by atoms with Gasteiger partial charge < -0.3 is 10.1 Å². The number of hydrogen-bond donors (Lipinski definition) is 1. The molecule has 4 rings (SSSR count). The Labute approximate surface area is 208 Å². The van der Waals surface area contributed by atoms with E-state index in [9.17, 15) is 9.59 Å². The van der Waals surface area contributed by atoms with Gasteiger partial charge in [-0.3, -0.25) is 14.2 Å². The average molecular weight is 487 g/mol. The second-order valence-corrected chi connectivity index (χ2v) is 8.97. The third-order valence-electron chi connectivity index (χ3n) is 5.54. The van der Waals surface area contributed by atoms with E-state index >= 15 is 0 Å². The van der Waals surface area contributed by atoms with E-state index in [1.807, 2.05) is 47.0 Å². The van der Waals surface area contributed by atoms with Crippen molar-refractivity contribution in [2.45, 2.75) is 32.5 Å². The molecule has 0 aliphatic carbocycles. The number of benzene rings is 3. The molecule has 1 aromatic heterocycles. The van der Waals surface area contributed by atoms with Gasteiger partial charge in [-0.2, -0.15) is 0 Å². The van der Waals surface area contributed by atoms with Crippen LogP contribution in [0.2, 0.25) is 0 Å². The number of carbonyl (C=O) groups is 2. The van der Waals surface area contributed by atoms with Gasteiger partial charge in [0.05, 0.1) is 11.4 Å². The molecular weight excluding hydrogens is 460 g/mol. The highest BCUT2D eigenvalue weighted by Gasteiger charge is 2.18. The number of thioether (sulfide) groups is 1. The Morgan fingerprint density at radius 3 is 2.40 bits per heavy atom. The summed E-state index contributed by atoms with van der Waals surface area (Å²) in [4.78, 5) is 24.1. The van der Waals surface area contributed by atoms with Gasteiger partial charge in [0.25, 0.3) is 0 Å². The van der Waals surface area contributed by atoms with Crippen molar-refractivity contribution in [3.8, 4) is 11.4 Å². The third-order valence-corrected chi connectivity index (χ3v) is 6.46. The summed E-state index contributed by atoms with van der Waals surface area (Å²) in [6.07, 6.45) is 0. The van der Waals surface area contributed by atoms with Crippen molar-refractivity contribution in [2.24, 2.45) is 0 Å². The molecule has 4 aromatic rings. The number of ether oxygens (including phenoxy) is 1. The fraction of sp³-hybridized carbons (Fsp3) is 0.185. The zero-order valence-electron chi connectivity index (χ0n) is 19.8. The molecule has 1 amide bonds. The normalized spacial score (nSPS) is 10.7. The maximum atomic E-state index is 12.6. The van der Waals surface area contributed by atoms with Crippen LogP contribution in [-0.2, 0) is 11.4 Å². The van der Waals surface area contributed by atoms with Crippen LogP contribution in [0, 0.1) is 13.8 Å². The van der Waals surface area contributed by atoms with Gasteiger partial charge in [0.2, 0.25) is 5.91 Å². The molecular formula is C27H26N4O3S. The number of aryl methyl sites for hydroxylation is 1. The molecule has 0 saturated heterocycles. The van der Waals surface area contributed by atoms with E-state index in [4.69, 9.17) is 4.74 Å². The second kappa shape index (κ2) is 11.0. The van der Waals surface area contributed by atoms with E-state index < -0.39 is 0 Å². The molecule has 1 N–H and O–H groups in total. The molecule has 3 aromatic carbocycles. The van der Waals surface area contributed by atoms with Crippen LogP contribution < -0.4 is 10.1 Å². The summed E-state index contributed by atoms with van der Waals surface area (Å²) >= 11 is 1.30. The van der Waals surface area contributed by atoms with Crippen molar-refractivity contribution in [3.05, 3.63) is 95.3 Å². The Balaban J connectivity index is 1.52. The predicted molar refractivity (Wildman–Crippen MR) is 137 cm³/mol. The molecule has 178 valence electrons. The SMILES string of the molecule is CC(=O)c1ccc(NC(=O)CSc2nnc(COc3ccccc3)n2-c2cccc(C)c2C)cc1. The smallest absolute Gasteiger partial charge is 0.234 e. The lowest BCUT2D eigenvalue weighted by molar-refractivity contribution is -0.113. The van der Waals surface area contributed by atoms with E-state index in [1.54, 1.807) is 24.3 Å². The number of carbonyl (C=O) groups excluding carboxylic acids is 2. The molecule has 0 fully saturated rings. The van der Waals surface area contributed by atoms with Gasteiger partial charge in [0.1, 0.15) is 12.4 Å². The minimum atomic E-state index is -0.178. The summed E-state index contributed by atoms with van der Waals surface area (Å²) in [5.74, 6) is 1.34. The Morgan fingerprint density at radius 1 is 0.943 bits per heavy atom. The predicted octanol–water partition coefficient (Wildman–Crippen LogP) is 5.40. The molecule has 0 unspecified atom stereocenters. The van der Waals surface area contributed by atoms with Crippen molar-refractivity contribution < 1.29 is 14.3 Å². The largest absolute Gasteiger partial charge is 0.486 e. The van der Waals surface area contributed by atoms with E-state index in [1.165, 1.54) is 18.7 Å². The van der Waals surface area contributed by atoms with Gasteiger partial charge in [-0.25, -0.2) is 0 Å². The van der Waals surface area contributed by atoms with Crippen LogP contribution in [0.1, 0.15) is 34.2 Å². The van der Waals surface area contributed by atoms with E-state index in [0.717, 1.165) is 22.6 Å². The van der Waals surface area contributed by atoms with Crippen molar-refractivity contribution in [1.29, 1.82) is 0 Å². The van der Waals surface area contributed by atoms with Crippen LogP contribution in [-0.4, -0.2) is 32.2 Å². The molecule has 0 aliphatic heterocycles. The Morgan fingerprint density at radius 2 is 1.69 bits per heavy atom. The van der Waals surface area contributed by atoms with Gasteiger partial charge in [-0.15, -0.1) is 10.2 Å². The van der Waals surface area contributed by atoms with Crippen LogP contribution in [0.4, 0.5) is 5.69 Å². The maximum absolute atomic E-state index is 12.6. The number of hydrogen-bond acceptors (Lipinski definition) is 6. The van der Waals surface area contributed by atoms with Crippen molar-refractivity contribution >= 4 is 29.1 Å². The van der Waals surface area contributed by atoms with Gasteiger partial charge in [-0.05, 0) is 74.4 Å². The second-order valence-electron chi connectivity index (χ2n) is 8.03. The number of rotatable bonds is 9. The fourth-order valence-corrected chi connectivity index (χ4v) is 4.25. The van der Waals surface area contributed by atoms with Crippen LogP contribution in [0.3, 0.4) is 0 Å². The Bertz CT molecular complexity index is 1330. The minimum Gasteiger partial charge on any atom is -0.486 e. The molecule has 0 bridgehead atoms. The number of amides is 1. The third kappa shape index (κ3) is 5.96. The molecule has 8 heteroatoms.